The van der Waals surface area contributed by atoms with Crippen molar-refractivity contribution in [3.63, 3.8) is 0 Å². The van der Waals surface area contributed by atoms with E-state index in [0.29, 0.717) is 0 Å². The Morgan fingerprint density at radius 2 is 2.40 bits per heavy atom. The van der Waals surface area contributed by atoms with Crippen LogP contribution in [0.4, 0.5) is 0 Å². The summed E-state index contributed by atoms with van der Waals surface area (Å²) in [6.45, 7) is 8.11. The maximum atomic E-state index is 3.43. The van der Waals surface area contributed by atoms with E-state index in [0.717, 1.165) is 12.0 Å². The summed E-state index contributed by atoms with van der Waals surface area (Å²) in [6, 6.07) is 0.824. The Morgan fingerprint density at radius 3 is 3.20 bits per heavy atom. The summed E-state index contributed by atoms with van der Waals surface area (Å²) in [7, 11) is 0. The molecule has 10 heavy (non-hydrogen) atoms. The summed E-state index contributed by atoms with van der Waals surface area (Å²) in [4.78, 5) is 2.48. The largest absolute Gasteiger partial charge is 0.315 e. The molecule has 0 aromatic rings. The van der Waals surface area contributed by atoms with Crippen LogP contribution in [0, 0.1) is 12.5 Å². The van der Waals surface area contributed by atoms with Crippen LogP contribution in [-0.2, 0) is 0 Å². The Balaban J connectivity index is 2.01. The third kappa shape index (κ3) is 0.867. The third-order valence-corrected chi connectivity index (χ3v) is 2.82. The first-order valence-electron chi connectivity index (χ1n) is 4.18. The van der Waals surface area contributed by atoms with Gasteiger partial charge in [0, 0.05) is 19.1 Å². The zero-order chi connectivity index (χ0) is 6.97. The van der Waals surface area contributed by atoms with Crippen molar-refractivity contribution in [1.29, 1.82) is 0 Å². The Hall–Kier alpha value is -0.0800. The van der Waals surface area contributed by atoms with Crippen LogP contribution in [0.5, 0.6) is 0 Å². The fraction of sp³-hybridized carbons (Fsp3) is 0.875. The number of rotatable bonds is 1. The maximum absolute atomic E-state index is 3.43. The SMILES string of the molecule is C[CH]N1CCC2CNCC21. The first kappa shape index (κ1) is 6.62. The zero-order valence-corrected chi connectivity index (χ0v) is 6.51. The van der Waals surface area contributed by atoms with E-state index in [4.69, 9.17) is 0 Å². The second-order valence-electron chi connectivity index (χ2n) is 3.27. The van der Waals surface area contributed by atoms with Gasteiger partial charge in [-0.2, -0.15) is 0 Å². The highest BCUT2D eigenvalue weighted by molar-refractivity contribution is 4.95. The van der Waals surface area contributed by atoms with Crippen molar-refractivity contribution >= 4 is 0 Å². The van der Waals surface area contributed by atoms with E-state index in [-0.39, 0.29) is 0 Å². The summed E-state index contributed by atoms with van der Waals surface area (Å²) in [5.41, 5.74) is 0. The molecule has 0 aromatic carbocycles. The predicted molar refractivity (Wildman–Crippen MR) is 41.4 cm³/mol. The fourth-order valence-electron chi connectivity index (χ4n) is 2.20. The molecule has 0 saturated carbocycles. The van der Waals surface area contributed by atoms with Gasteiger partial charge in [-0.3, -0.25) is 4.90 Å². The standard InChI is InChI=1S/C8H15N2/c1-2-10-4-3-7-5-9-6-8(7)10/h2,7-9H,3-6H2,1H3. The van der Waals surface area contributed by atoms with E-state index in [1.807, 2.05) is 0 Å². The van der Waals surface area contributed by atoms with Gasteiger partial charge in [0.25, 0.3) is 0 Å². The number of hydrogen-bond donors (Lipinski definition) is 1. The molecular formula is C8H15N2. The highest BCUT2D eigenvalue weighted by atomic mass is 15.2. The lowest BCUT2D eigenvalue weighted by atomic mass is 10.1. The minimum Gasteiger partial charge on any atom is -0.315 e. The summed E-state index contributed by atoms with van der Waals surface area (Å²) in [6.07, 6.45) is 1.39. The molecule has 2 unspecified atom stereocenters. The van der Waals surface area contributed by atoms with Gasteiger partial charge in [0.2, 0.25) is 0 Å². The highest BCUT2D eigenvalue weighted by Crippen LogP contribution is 2.27. The smallest absolute Gasteiger partial charge is 0.0264 e. The van der Waals surface area contributed by atoms with Gasteiger partial charge >= 0.3 is 0 Å². The van der Waals surface area contributed by atoms with E-state index in [9.17, 15) is 0 Å². The summed E-state index contributed by atoms with van der Waals surface area (Å²) in [5, 5.41) is 3.43. The van der Waals surface area contributed by atoms with Crippen LogP contribution in [0.15, 0.2) is 0 Å². The van der Waals surface area contributed by atoms with Crippen molar-refractivity contribution in [2.45, 2.75) is 19.4 Å². The molecule has 0 aliphatic carbocycles. The van der Waals surface area contributed by atoms with E-state index >= 15 is 0 Å². The van der Waals surface area contributed by atoms with Crippen molar-refractivity contribution < 1.29 is 0 Å². The molecule has 2 heteroatoms. The summed E-state index contributed by atoms with van der Waals surface area (Å²) in [5.74, 6) is 0.941. The van der Waals surface area contributed by atoms with Gasteiger partial charge in [-0.05, 0) is 32.4 Å². The first-order chi connectivity index (χ1) is 4.92. The molecule has 57 valence electrons. The molecule has 2 aliphatic rings. The van der Waals surface area contributed by atoms with Crippen molar-refractivity contribution in [3.8, 4) is 0 Å². The number of nitrogens with zero attached hydrogens (tertiary/aromatic N) is 1. The van der Waals surface area contributed by atoms with Crippen LogP contribution in [-0.4, -0.2) is 30.6 Å². The minimum absolute atomic E-state index is 0.824. The van der Waals surface area contributed by atoms with Crippen LogP contribution in [0.25, 0.3) is 0 Å². The molecule has 2 rings (SSSR count). The normalized spacial score (nSPS) is 40.5. The average Bonchev–Trinajstić information content (AvgIpc) is 2.44. The lowest BCUT2D eigenvalue weighted by Gasteiger charge is -2.19. The van der Waals surface area contributed by atoms with Gasteiger partial charge in [0.05, 0.1) is 0 Å². The number of nitrogens with one attached hydrogen (secondary N) is 1. The highest BCUT2D eigenvalue weighted by Gasteiger charge is 2.36. The Labute approximate surface area is 62.6 Å². The van der Waals surface area contributed by atoms with Gasteiger partial charge in [-0.1, -0.05) is 0 Å². The summed E-state index contributed by atoms with van der Waals surface area (Å²) < 4.78 is 0. The molecule has 2 nitrogen and oxygen atoms in total. The van der Waals surface area contributed by atoms with Crippen LogP contribution in [0.2, 0.25) is 0 Å². The molecule has 0 amide bonds. The van der Waals surface area contributed by atoms with Crippen LogP contribution < -0.4 is 5.32 Å². The van der Waals surface area contributed by atoms with Gasteiger partial charge in [-0.25, -0.2) is 0 Å². The van der Waals surface area contributed by atoms with Gasteiger partial charge in [-0.15, -0.1) is 0 Å². The Kier molecular flexibility index (Phi) is 1.66. The molecule has 0 spiro atoms. The molecule has 2 fully saturated rings. The zero-order valence-electron chi connectivity index (χ0n) is 6.51. The van der Waals surface area contributed by atoms with E-state index in [2.05, 4.69) is 23.7 Å². The molecule has 2 atom stereocenters. The quantitative estimate of drug-likeness (QED) is 0.568. The lowest BCUT2D eigenvalue weighted by Crippen LogP contribution is -2.31. The third-order valence-electron chi connectivity index (χ3n) is 2.82. The van der Waals surface area contributed by atoms with E-state index in [1.165, 1.54) is 26.1 Å². The fourth-order valence-corrected chi connectivity index (χ4v) is 2.20. The topological polar surface area (TPSA) is 15.3 Å². The monoisotopic (exact) mass is 139 g/mol. The van der Waals surface area contributed by atoms with Crippen molar-refractivity contribution in [2.75, 3.05) is 19.6 Å². The minimum atomic E-state index is 0.824. The summed E-state index contributed by atoms with van der Waals surface area (Å²) >= 11 is 0. The average molecular weight is 139 g/mol. The molecule has 0 bridgehead atoms. The van der Waals surface area contributed by atoms with Crippen molar-refractivity contribution in [2.24, 2.45) is 5.92 Å². The molecule has 1 radical (unpaired) electrons. The molecule has 1 N–H and O–H groups in total. The van der Waals surface area contributed by atoms with Crippen molar-refractivity contribution in [1.82, 2.24) is 10.2 Å². The van der Waals surface area contributed by atoms with Gasteiger partial charge in [0.1, 0.15) is 0 Å². The van der Waals surface area contributed by atoms with Crippen LogP contribution in [0.3, 0.4) is 0 Å². The lowest BCUT2D eigenvalue weighted by molar-refractivity contribution is 0.311. The van der Waals surface area contributed by atoms with E-state index < -0.39 is 0 Å². The molecule has 0 aromatic heterocycles. The predicted octanol–water partition coefficient (Wildman–Crippen LogP) is 0.462. The molecular weight excluding hydrogens is 124 g/mol. The molecule has 2 saturated heterocycles. The second-order valence-corrected chi connectivity index (χ2v) is 3.27. The molecule has 2 aliphatic heterocycles. The van der Waals surface area contributed by atoms with Gasteiger partial charge in [0.15, 0.2) is 0 Å². The number of fused-ring (bicyclic) bond motifs is 1. The molecule has 2 heterocycles. The van der Waals surface area contributed by atoms with Crippen LogP contribution >= 0.6 is 0 Å². The Bertz CT molecular complexity index is 124. The first-order valence-corrected chi connectivity index (χ1v) is 4.18. The maximum Gasteiger partial charge on any atom is 0.0264 e. The van der Waals surface area contributed by atoms with E-state index in [1.54, 1.807) is 0 Å². The number of likely N-dealkylation sites (tertiary alicyclic amines) is 1. The number of hydrogen-bond acceptors (Lipinski definition) is 2. The van der Waals surface area contributed by atoms with Gasteiger partial charge < -0.3 is 5.32 Å². The Morgan fingerprint density at radius 1 is 1.50 bits per heavy atom. The van der Waals surface area contributed by atoms with Crippen LogP contribution in [0.1, 0.15) is 13.3 Å². The van der Waals surface area contributed by atoms with Crippen molar-refractivity contribution in [3.05, 3.63) is 6.54 Å². The second kappa shape index (κ2) is 2.51.